The van der Waals surface area contributed by atoms with Crippen LogP contribution in [0.15, 0.2) is 12.1 Å². The Morgan fingerprint density at radius 3 is 2.43 bits per heavy atom. The molecule has 0 N–H and O–H groups in total. The molecule has 0 aliphatic carbocycles. The minimum atomic E-state index is 0.249. The van der Waals surface area contributed by atoms with Gasteiger partial charge in [-0.05, 0) is 18.8 Å². The summed E-state index contributed by atoms with van der Waals surface area (Å²) >= 11 is 0. The van der Waals surface area contributed by atoms with Crippen molar-refractivity contribution >= 4 is 5.69 Å². The molecule has 0 aliphatic rings. The average molecular weight is 188 g/mol. The summed E-state index contributed by atoms with van der Waals surface area (Å²) in [7, 11) is 0. The van der Waals surface area contributed by atoms with Crippen LogP contribution < -0.4 is 0 Å². The van der Waals surface area contributed by atoms with Crippen LogP contribution in [0.4, 0.5) is 5.69 Å². The highest BCUT2D eigenvalue weighted by molar-refractivity contribution is 5.48. The van der Waals surface area contributed by atoms with Crippen LogP contribution >= 0.6 is 0 Å². The third kappa shape index (κ3) is 2.85. The molecule has 0 saturated carbocycles. The van der Waals surface area contributed by atoms with Crippen LogP contribution in [0.3, 0.4) is 0 Å². The highest BCUT2D eigenvalue weighted by Crippen LogP contribution is 2.22. The van der Waals surface area contributed by atoms with Gasteiger partial charge in [-0.1, -0.05) is 32.9 Å². The van der Waals surface area contributed by atoms with Crippen LogP contribution in [-0.2, 0) is 6.42 Å². The molecule has 1 heterocycles. The lowest BCUT2D eigenvalue weighted by molar-refractivity contribution is 0.406. The smallest absolute Gasteiger partial charge is 0.208 e. The molecule has 74 valence electrons. The van der Waals surface area contributed by atoms with Gasteiger partial charge < -0.3 is 0 Å². The quantitative estimate of drug-likeness (QED) is 0.616. The second-order valence-corrected chi connectivity index (χ2v) is 4.76. The highest BCUT2D eigenvalue weighted by Gasteiger charge is 2.12. The summed E-state index contributed by atoms with van der Waals surface area (Å²) in [6.45, 7) is 15.4. The van der Waals surface area contributed by atoms with Crippen LogP contribution in [0, 0.1) is 18.9 Å². The number of rotatable bonds is 1. The fourth-order valence-corrected chi connectivity index (χ4v) is 1.37. The molecule has 0 spiro atoms. The van der Waals surface area contributed by atoms with Crippen molar-refractivity contribution in [2.24, 2.45) is 5.41 Å². The van der Waals surface area contributed by atoms with E-state index in [2.05, 4.69) is 30.6 Å². The Hall–Kier alpha value is -1.36. The first-order valence-corrected chi connectivity index (χ1v) is 4.76. The van der Waals surface area contributed by atoms with E-state index >= 15 is 0 Å². The Labute approximate surface area is 85.8 Å². The number of hydrogen-bond acceptors (Lipinski definition) is 1. The average Bonchev–Trinajstić information content (AvgIpc) is 2.01. The zero-order valence-corrected chi connectivity index (χ0v) is 9.26. The van der Waals surface area contributed by atoms with Gasteiger partial charge in [0.25, 0.3) is 0 Å². The molecule has 14 heavy (non-hydrogen) atoms. The Kier molecular flexibility index (Phi) is 2.90. The van der Waals surface area contributed by atoms with E-state index < -0.39 is 0 Å². The van der Waals surface area contributed by atoms with Crippen molar-refractivity contribution in [2.75, 3.05) is 0 Å². The Morgan fingerprint density at radius 2 is 2.00 bits per heavy atom. The van der Waals surface area contributed by atoms with Crippen molar-refractivity contribution in [3.63, 3.8) is 0 Å². The lowest BCUT2D eigenvalue weighted by Crippen LogP contribution is -2.10. The fraction of sp³-hybridized carbons (Fsp3) is 0.500. The van der Waals surface area contributed by atoms with E-state index in [1.54, 1.807) is 0 Å². The van der Waals surface area contributed by atoms with Crippen molar-refractivity contribution in [1.29, 1.82) is 0 Å². The minimum Gasteiger partial charge on any atom is -0.270 e. The fourth-order valence-electron chi connectivity index (χ4n) is 1.37. The second-order valence-electron chi connectivity index (χ2n) is 4.76. The van der Waals surface area contributed by atoms with E-state index in [1.807, 2.05) is 19.1 Å². The summed E-state index contributed by atoms with van der Waals surface area (Å²) in [6, 6.07) is 3.81. The molecule has 2 nitrogen and oxygen atoms in total. The van der Waals surface area contributed by atoms with Crippen LogP contribution in [0.5, 0.6) is 0 Å². The van der Waals surface area contributed by atoms with Crippen LogP contribution in [-0.4, -0.2) is 4.98 Å². The Morgan fingerprint density at radius 1 is 1.36 bits per heavy atom. The first-order valence-electron chi connectivity index (χ1n) is 4.76. The van der Waals surface area contributed by atoms with Crippen molar-refractivity contribution in [1.82, 2.24) is 4.98 Å². The van der Waals surface area contributed by atoms with Crippen LogP contribution in [0.1, 0.15) is 32.2 Å². The molecule has 1 rings (SSSR count). The summed E-state index contributed by atoms with van der Waals surface area (Å²) in [5, 5.41) is 0. The van der Waals surface area contributed by atoms with Gasteiger partial charge in [-0.15, -0.1) is 0 Å². The Bertz CT molecular complexity index is 367. The largest absolute Gasteiger partial charge is 0.270 e. The third-order valence-electron chi connectivity index (χ3n) is 1.95. The van der Waals surface area contributed by atoms with Gasteiger partial charge in [-0.2, -0.15) is 0 Å². The zero-order valence-electron chi connectivity index (χ0n) is 9.26. The van der Waals surface area contributed by atoms with Gasteiger partial charge >= 0.3 is 0 Å². The predicted octanol–water partition coefficient (Wildman–Crippen LogP) is 3.53. The number of nitrogens with zero attached hydrogens (tertiary/aromatic N) is 2. The van der Waals surface area contributed by atoms with Gasteiger partial charge in [-0.25, -0.2) is 4.85 Å². The van der Waals surface area contributed by atoms with Gasteiger partial charge in [-0.3, -0.25) is 4.98 Å². The highest BCUT2D eigenvalue weighted by atomic mass is 14.8. The van der Waals surface area contributed by atoms with Gasteiger partial charge in [0.1, 0.15) is 0 Å². The summed E-state index contributed by atoms with van der Waals surface area (Å²) in [6.07, 6.45) is 0.951. The van der Waals surface area contributed by atoms with Gasteiger partial charge in [0.2, 0.25) is 5.69 Å². The molecule has 0 fully saturated rings. The lowest BCUT2D eigenvalue weighted by Gasteiger charge is -2.17. The first-order chi connectivity index (χ1) is 6.42. The summed E-state index contributed by atoms with van der Waals surface area (Å²) in [5.41, 5.74) is 2.81. The van der Waals surface area contributed by atoms with Gasteiger partial charge in [0.15, 0.2) is 0 Å². The van der Waals surface area contributed by atoms with Crippen molar-refractivity contribution < 1.29 is 0 Å². The number of aromatic nitrogens is 1. The summed E-state index contributed by atoms with van der Waals surface area (Å²) in [5.74, 6) is 0. The van der Waals surface area contributed by atoms with Crippen LogP contribution in [0.25, 0.3) is 4.85 Å². The van der Waals surface area contributed by atoms with Gasteiger partial charge in [0, 0.05) is 11.4 Å². The van der Waals surface area contributed by atoms with E-state index in [9.17, 15) is 0 Å². The van der Waals surface area contributed by atoms with Gasteiger partial charge in [0.05, 0.1) is 6.57 Å². The standard InChI is InChI=1S/C12H16N2/c1-9-11(13-5)7-6-10(14-9)8-12(2,3)4/h6-7H,8H2,1-4H3. The molecule has 0 unspecified atom stereocenters. The van der Waals surface area contributed by atoms with Crippen molar-refractivity contribution in [2.45, 2.75) is 34.1 Å². The van der Waals surface area contributed by atoms with E-state index in [-0.39, 0.29) is 5.41 Å². The number of hydrogen-bond donors (Lipinski definition) is 0. The Balaban J connectivity index is 2.94. The lowest BCUT2D eigenvalue weighted by atomic mass is 9.90. The molecular formula is C12H16N2. The molecule has 0 saturated heterocycles. The minimum absolute atomic E-state index is 0.249. The molecule has 1 aromatic rings. The molecule has 0 aromatic carbocycles. The second kappa shape index (κ2) is 3.79. The van der Waals surface area contributed by atoms with E-state index in [4.69, 9.17) is 6.57 Å². The van der Waals surface area contributed by atoms with Crippen LogP contribution in [0.2, 0.25) is 0 Å². The maximum absolute atomic E-state index is 6.92. The molecular weight excluding hydrogens is 172 g/mol. The normalized spacial score (nSPS) is 11.1. The molecule has 0 radical (unpaired) electrons. The molecule has 1 aromatic heterocycles. The maximum Gasteiger partial charge on any atom is 0.208 e. The molecule has 0 amide bonds. The maximum atomic E-state index is 6.92. The zero-order chi connectivity index (χ0) is 10.8. The van der Waals surface area contributed by atoms with E-state index in [1.165, 1.54) is 0 Å². The SMILES string of the molecule is [C-]#[N+]c1ccc(CC(C)(C)C)nc1C. The topological polar surface area (TPSA) is 17.2 Å². The van der Waals surface area contributed by atoms with Crippen molar-refractivity contribution in [3.8, 4) is 0 Å². The van der Waals surface area contributed by atoms with E-state index in [0.29, 0.717) is 5.69 Å². The third-order valence-corrected chi connectivity index (χ3v) is 1.95. The predicted molar refractivity (Wildman–Crippen MR) is 58.4 cm³/mol. The molecule has 2 heteroatoms. The first kappa shape index (κ1) is 10.7. The van der Waals surface area contributed by atoms with Crippen molar-refractivity contribution in [3.05, 3.63) is 34.9 Å². The summed E-state index contributed by atoms with van der Waals surface area (Å²) in [4.78, 5) is 7.81. The molecule has 0 aliphatic heterocycles. The number of pyridine rings is 1. The van der Waals surface area contributed by atoms with E-state index in [0.717, 1.165) is 17.8 Å². The summed E-state index contributed by atoms with van der Waals surface area (Å²) < 4.78 is 0. The molecule has 0 atom stereocenters. The number of aryl methyl sites for hydroxylation is 1. The monoisotopic (exact) mass is 188 g/mol. The molecule has 0 bridgehead atoms.